The van der Waals surface area contributed by atoms with Crippen LogP contribution in [-0.4, -0.2) is 97.5 Å². The summed E-state index contributed by atoms with van der Waals surface area (Å²) < 4.78 is 4.85. The lowest BCUT2D eigenvalue weighted by Crippen LogP contribution is -2.64. The number of rotatable bonds is 9. The third kappa shape index (κ3) is 6.32. The van der Waals surface area contributed by atoms with Crippen LogP contribution in [0, 0.1) is 12.8 Å². The van der Waals surface area contributed by atoms with Gasteiger partial charge < -0.3 is 30.6 Å². The van der Waals surface area contributed by atoms with Crippen molar-refractivity contribution in [2.45, 2.75) is 52.1 Å². The van der Waals surface area contributed by atoms with Crippen LogP contribution in [0.1, 0.15) is 60.3 Å². The fraction of sp³-hybridized carbons (Fsp3) is 0.405. The summed E-state index contributed by atoms with van der Waals surface area (Å²) in [7, 11) is 6.63. The van der Waals surface area contributed by atoms with E-state index < -0.39 is 5.91 Å². The summed E-state index contributed by atoms with van der Waals surface area (Å²) in [6.07, 6.45) is 3.66. The number of amides is 2. The Morgan fingerprint density at radius 3 is 2.49 bits per heavy atom. The molecule has 4 N–H and O–H groups in total. The quantitative estimate of drug-likeness (QED) is 0.130. The van der Waals surface area contributed by atoms with Gasteiger partial charge in [0.05, 0.1) is 41.5 Å². The van der Waals surface area contributed by atoms with Crippen molar-refractivity contribution < 1.29 is 29.4 Å². The van der Waals surface area contributed by atoms with Crippen LogP contribution >= 0.6 is 0 Å². The van der Waals surface area contributed by atoms with E-state index in [0.717, 1.165) is 51.5 Å². The first-order valence-electron chi connectivity index (χ1n) is 17.8. The highest BCUT2D eigenvalue weighted by molar-refractivity contribution is 5.95. The number of anilines is 4. The van der Waals surface area contributed by atoms with Crippen molar-refractivity contribution in [1.29, 1.82) is 0 Å². The van der Waals surface area contributed by atoms with E-state index in [-0.39, 0.29) is 35.2 Å². The SMILES string of the molecule is CC.CO[n+]1c(C(=O)N(C)C)cccc1C(O)(O)N1CC(n2ncc3c2CN(C)c2c(Nc4cc(NC(=O)C5CC5)nc5cc(C)nn45)cccc2-3)C1. The van der Waals surface area contributed by atoms with Crippen molar-refractivity contribution >= 4 is 40.5 Å². The van der Waals surface area contributed by atoms with Gasteiger partial charge >= 0.3 is 23.2 Å². The Bertz CT molecular complexity index is 2200. The number of nitrogens with one attached hydrogen (secondary N) is 2. The van der Waals surface area contributed by atoms with E-state index >= 15 is 0 Å². The number of likely N-dealkylation sites (tertiary alicyclic amines) is 1. The summed E-state index contributed by atoms with van der Waals surface area (Å²) in [4.78, 5) is 40.5. The van der Waals surface area contributed by atoms with Crippen LogP contribution in [0.5, 0.6) is 0 Å². The lowest BCUT2D eigenvalue weighted by molar-refractivity contribution is -0.898. The topological polar surface area (TPSA) is 169 Å². The van der Waals surface area contributed by atoms with Crippen molar-refractivity contribution in [1.82, 2.24) is 34.2 Å². The standard InChI is InChI=1S/C35H39N11O5.C2H6/c1-20-14-30-38-29(39-33(47)21-12-13-21)15-31(45(30)40-20)37-25-9-6-8-23-24-16-36-44(27(24)19-42(4)32(23)25)22-17-43(18-22)35(49,50)28-11-7-10-26(46(28)51-5)34(48)41(2)3;1-2/h6-11,14-16,21-22,49-50H,12-13,17-19H2,1-5H3,(H-,37,38,39,40,47);1-2H3/p+1. The molecular formula is C37H46N11O5+. The van der Waals surface area contributed by atoms with Gasteiger partial charge in [-0.15, -0.1) is 0 Å². The zero-order chi connectivity index (χ0) is 37.8. The van der Waals surface area contributed by atoms with Crippen LogP contribution in [0.2, 0.25) is 0 Å². The molecule has 16 nitrogen and oxygen atoms in total. The summed E-state index contributed by atoms with van der Waals surface area (Å²) in [5.74, 6) is -1.57. The van der Waals surface area contributed by atoms with Gasteiger partial charge in [-0.05, 0) is 31.9 Å². The van der Waals surface area contributed by atoms with Crippen LogP contribution in [0.4, 0.5) is 23.0 Å². The summed E-state index contributed by atoms with van der Waals surface area (Å²) in [5, 5.41) is 38.7. The number of fused-ring (bicyclic) bond motifs is 4. The minimum atomic E-state index is -2.40. The molecule has 3 aliphatic rings. The smallest absolute Gasteiger partial charge is 0.323 e. The second-order valence-corrected chi connectivity index (χ2v) is 13.6. The van der Waals surface area contributed by atoms with E-state index in [1.807, 2.05) is 56.9 Å². The normalized spacial score (nSPS) is 15.5. The van der Waals surface area contributed by atoms with Crippen LogP contribution in [0.25, 0.3) is 16.8 Å². The van der Waals surface area contributed by atoms with Crippen LogP contribution in [0.15, 0.2) is 54.7 Å². The Hall–Kier alpha value is -5.58. The highest BCUT2D eigenvalue weighted by Crippen LogP contribution is 2.45. The summed E-state index contributed by atoms with van der Waals surface area (Å²) in [5.41, 5.74) is 6.45. The minimum Gasteiger partial charge on any atom is -0.366 e. The highest BCUT2D eigenvalue weighted by atomic mass is 16.7. The molecule has 8 rings (SSSR count). The first kappa shape index (κ1) is 35.8. The fourth-order valence-electron chi connectivity index (χ4n) is 6.97. The number of nitrogens with zero attached hydrogens (tertiary/aromatic N) is 9. The Labute approximate surface area is 307 Å². The summed E-state index contributed by atoms with van der Waals surface area (Å²) in [6.45, 7) is 7.07. The maximum absolute atomic E-state index is 12.8. The van der Waals surface area contributed by atoms with Gasteiger partial charge in [-0.3, -0.25) is 19.1 Å². The van der Waals surface area contributed by atoms with Gasteiger partial charge in [-0.25, -0.2) is 9.88 Å². The molecule has 278 valence electrons. The molecule has 2 amide bonds. The maximum atomic E-state index is 12.8. The Morgan fingerprint density at radius 2 is 1.79 bits per heavy atom. The average Bonchev–Trinajstić information content (AvgIpc) is 3.79. The molecule has 0 atom stereocenters. The third-order valence-electron chi connectivity index (χ3n) is 9.75. The Balaban J connectivity index is 0.00000214. The minimum absolute atomic E-state index is 0.0153. The molecule has 0 radical (unpaired) electrons. The van der Waals surface area contributed by atoms with Gasteiger partial charge in [0.15, 0.2) is 5.65 Å². The van der Waals surface area contributed by atoms with Crippen molar-refractivity contribution in [3.8, 4) is 11.1 Å². The van der Waals surface area contributed by atoms with Gasteiger partial charge in [0.2, 0.25) is 5.91 Å². The third-order valence-corrected chi connectivity index (χ3v) is 9.75. The van der Waals surface area contributed by atoms with E-state index in [0.29, 0.717) is 36.9 Å². The van der Waals surface area contributed by atoms with Crippen molar-refractivity contribution in [3.63, 3.8) is 0 Å². The van der Waals surface area contributed by atoms with E-state index in [2.05, 4.69) is 31.7 Å². The number of carbonyl (C=O) groups excluding carboxylic acids is 2. The monoisotopic (exact) mass is 724 g/mol. The van der Waals surface area contributed by atoms with E-state index in [4.69, 9.17) is 9.94 Å². The molecule has 1 aliphatic carbocycles. The zero-order valence-electron chi connectivity index (χ0n) is 31.0. The van der Waals surface area contributed by atoms with Crippen molar-refractivity contribution in [2.75, 3.05) is 56.9 Å². The highest BCUT2D eigenvalue weighted by Gasteiger charge is 2.51. The zero-order valence-corrected chi connectivity index (χ0v) is 31.0. The van der Waals surface area contributed by atoms with E-state index in [1.165, 1.54) is 23.0 Å². The fourth-order valence-corrected chi connectivity index (χ4v) is 6.97. The van der Waals surface area contributed by atoms with Gasteiger partial charge in [0.1, 0.15) is 18.7 Å². The number of carbonyl (C=O) groups is 2. The molecule has 0 spiro atoms. The van der Waals surface area contributed by atoms with Crippen LogP contribution in [0.3, 0.4) is 0 Å². The Kier molecular flexibility index (Phi) is 9.30. The molecule has 1 saturated carbocycles. The second kappa shape index (κ2) is 13.8. The molecule has 6 heterocycles. The summed E-state index contributed by atoms with van der Waals surface area (Å²) >= 11 is 0. The number of hydrogen-bond donors (Lipinski definition) is 4. The van der Waals surface area contributed by atoms with Gasteiger partial charge in [-0.1, -0.05) is 26.0 Å². The molecule has 5 aromatic rings. The van der Waals surface area contributed by atoms with Crippen molar-refractivity contribution in [3.05, 3.63) is 77.5 Å². The first-order chi connectivity index (χ1) is 25.4. The molecule has 1 saturated heterocycles. The predicted molar refractivity (Wildman–Crippen MR) is 197 cm³/mol. The molecular weight excluding hydrogens is 678 g/mol. The predicted octanol–water partition coefficient (Wildman–Crippen LogP) is 2.67. The maximum Gasteiger partial charge on any atom is 0.323 e. The molecule has 4 aromatic heterocycles. The molecule has 2 fully saturated rings. The number of pyridine rings is 1. The molecule has 53 heavy (non-hydrogen) atoms. The summed E-state index contributed by atoms with van der Waals surface area (Å²) in [6, 6.07) is 14.3. The van der Waals surface area contributed by atoms with Gasteiger partial charge in [-0.2, -0.15) is 14.7 Å². The first-order valence-corrected chi connectivity index (χ1v) is 17.8. The number of aromatic nitrogens is 6. The molecule has 16 heteroatoms. The average molecular weight is 725 g/mol. The van der Waals surface area contributed by atoms with Gasteiger partial charge in [0, 0.05) is 80.3 Å². The van der Waals surface area contributed by atoms with Gasteiger partial charge in [0.25, 0.3) is 0 Å². The van der Waals surface area contributed by atoms with E-state index in [1.54, 1.807) is 36.8 Å². The molecule has 1 aromatic carbocycles. The van der Waals surface area contributed by atoms with Crippen LogP contribution in [-0.2, 0) is 17.3 Å². The molecule has 2 aliphatic heterocycles. The van der Waals surface area contributed by atoms with Crippen molar-refractivity contribution in [2.24, 2.45) is 5.92 Å². The number of benzene rings is 1. The van der Waals surface area contributed by atoms with E-state index in [9.17, 15) is 19.8 Å². The largest absolute Gasteiger partial charge is 0.366 e. The molecule has 0 unspecified atom stereocenters. The molecule has 0 bridgehead atoms. The number of aliphatic hydroxyl groups is 2. The number of hydrogen-bond acceptors (Lipinski definition) is 11. The second-order valence-electron chi connectivity index (χ2n) is 13.6. The van der Waals surface area contributed by atoms with Crippen LogP contribution < -0.4 is 25.1 Å². The number of para-hydroxylation sites is 1. The lowest BCUT2D eigenvalue weighted by Gasteiger charge is -2.45. The number of aryl methyl sites for hydroxylation is 1. The Morgan fingerprint density at radius 1 is 1.06 bits per heavy atom. The lowest BCUT2D eigenvalue weighted by atomic mass is 9.97.